The second-order valence-electron chi connectivity index (χ2n) is 6.01. The van der Waals surface area contributed by atoms with Gasteiger partial charge in [-0.15, -0.1) is 0 Å². The molecule has 0 spiro atoms. The molecule has 3 nitrogen and oxygen atoms in total. The van der Waals surface area contributed by atoms with Gasteiger partial charge in [0.2, 0.25) is 0 Å². The molecule has 1 fully saturated rings. The molecular weight excluding hydrogens is 224 g/mol. The molecule has 0 bridgehead atoms. The lowest BCUT2D eigenvalue weighted by molar-refractivity contribution is -0.0352. The molecule has 0 aromatic carbocycles. The van der Waals surface area contributed by atoms with E-state index in [0.29, 0.717) is 6.10 Å². The largest absolute Gasteiger partial charge is 0.376 e. The van der Waals surface area contributed by atoms with Crippen molar-refractivity contribution in [2.24, 2.45) is 5.92 Å². The van der Waals surface area contributed by atoms with E-state index in [1.165, 1.54) is 25.8 Å². The van der Waals surface area contributed by atoms with Crippen molar-refractivity contribution in [3.63, 3.8) is 0 Å². The third-order valence-corrected chi connectivity index (χ3v) is 3.85. The highest BCUT2D eigenvalue weighted by Crippen LogP contribution is 2.11. The van der Waals surface area contributed by atoms with Gasteiger partial charge in [0.05, 0.1) is 12.7 Å². The van der Waals surface area contributed by atoms with E-state index < -0.39 is 0 Å². The van der Waals surface area contributed by atoms with Crippen LogP contribution in [0.4, 0.5) is 0 Å². The molecule has 1 heterocycles. The van der Waals surface area contributed by atoms with Crippen molar-refractivity contribution in [3.8, 4) is 0 Å². The lowest BCUT2D eigenvalue weighted by Crippen LogP contribution is -2.43. The highest BCUT2D eigenvalue weighted by molar-refractivity contribution is 4.72. The van der Waals surface area contributed by atoms with Crippen LogP contribution in [0, 0.1) is 5.92 Å². The molecule has 0 N–H and O–H groups in total. The highest BCUT2D eigenvalue weighted by Gasteiger charge is 2.20. The Hall–Kier alpha value is -0.120. The summed E-state index contributed by atoms with van der Waals surface area (Å²) in [6.45, 7) is 13.5. The Bertz CT molecular complexity index is 209. The van der Waals surface area contributed by atoms with E-state index in [4.69, 9.17) is 4.74 Å². The molecule has 3 heteroatoms. The minimum absolute atomic E-state index is 0.451. The maximum absolute atomic E-state index is 5.86. The molecule has 1 saturated heterocycles. The lowest BCUT2D eigenvalue weighted by Gasteiger charge is -2.33. The first-order valence-electron chi connectivity index (χ1n) is 7.64. The van der Waals surface area contributed by atoms with Crippen LogP contribution < -0.4 is 0 Å². The second-order valence-corrected chi connectivity index (χ2v) is 6.01. The SMILES string of the molecule is CCN(C)CC[C@H]1CN(CCCC(C)C)CCO1. The molecule has 1 atom stereocenters. The quantitative estimate of drug-likeness (QED) is 0.663. The third-order valence-electron chi connectivity index (χ3n) is 3.85. The fourth-order valence-corrected chi connectivity index (χ4v) is 2.40. The number of morpholine rings is 1. The molecule has 0 aliphatic carbocycles. The van der Waals surface area contributed by atoms with Crippen molar-refractivity contribution < 1.29 is 4.74 Å². The van der Waals surface area contributed by atoms with Crippen LogP contribution in [0.2, 0.25) is 0 Å². The summed E-state index contributed by atoms with van der Waals surface area (Å²) in [4.78, 5) is 4.95. The Morgan fingerprint density at radius 1 is 1.39 bits per heavy atom. The van der Waals surface area contributed by atoms with Crippen molar-refractivity contribution in [3.05, 3.63) is 0 Å². The number of hydrogen-bond donors (Lipinski definition) is 0. The van der Waals surface area contributed by atoms with E-state index in [-0.39, 0.29) is 0 Å². The van der Waals surface area contributed by atoms with Crippen LogP contribution in [0.15, 0.2) is 0 Å². The van der Waals surface area contributed by atoms with Crippen LogP contribution in [-0.2, 0) is 4.74 Å². The van der Waals surface area contributed by atoms with E-state index >= 15 is 0 Å². The Labute approximate surface area is 113 Å². The summed E-state index contributed by atoms with van der Waals surface area (Å²) in [6.07, 6.45) is 4.30. The summed E-state index contributed by atoms with van der Waals surface area (Å²) < 4.78 is 5.86. The summed E-state index contributed by atoms with van der Waals surface area (Å²) in [5.74, 6) is 0.833. The summed E-state index contributed by atoms with van der Waals surface area (Å²) >= 11 is 0. The maximum atomic E-state index is 5.86. The first kappa shape index (κ1) is 15.9. The predicted molar refractivity (Wildman–Crippen MR) is 78.0 cm³/mol. The van der Waals surface area contributed by atoms with Crippen LogP contribution in [-0.4, -0.2) is 62.3 Å². The van der Waals surface area contributed by atoms with Gasteiger partial charge in [0.15, 0.2) is 0 Å². The van der Waals surface area contributed by atoms with E-state index in [1.54, 1.807) is 0 Å². The average Bonchev–Trinajstić information content (AvgIpc) is 2.36. The lowest BCUT2D eigenvalue weighted by atomic mass is 10.1. The van der Waals surface area contributed by atoms with Gasteiger partial charge in [-0.3, -0.25) is 4.90 Å². The zero-order chi connectivity index (χ0) is 13.4. The molecule has 0 radical (unpaired) electrons. The van der Waals surface area contributed by atoms with Gasteiger partial charge in [0.25, 0.3) is 0 Å². The molecule has 18 heavy (non-hydrogen) atoms. The van der Waals surface area contributed by atoms with Gasteiger partial charge in [-0.25, -0.2) is 0 Å². The van der Waals surface area contributed by atoms with Gasteiger partial charge >= 0.3 is 0 Å². The minimum atomic E-state index is 0.451. The normalized spacial score (nSPS) is 22.0. The van der Waals surface area contributed by atoms with Gasteiger partial charge in [-0.1, -0.05) is 20.8 Å². The van der Waals surface area contributed by atoms with Gasteiger partial charge < -0.3 is 9.64 Å². The zero-order valence-electron chi connectivity index (χ0n) is 12.8. The molecular formula is C15H32N2O. The van der Waals surface area contributed by atoms with Gasteiger partial charge in [-0.05, 0) is 45.3 Å². The van der Waals surface area contributed by atoms with E-state index in [9.17, 15) is 0 Å². The van der Waals surface area contributed by atoms with Crippen molar-refractivity contribution >= 4 is 0 Å². The monoisotopic (exact) mass is 256 g/mol. The van der Waals surface area contributed by atoms with Crippen molar-refractivity contribution in [1.82, 2.24) is 9.80 Å². The average molecular weight is 256 g/mol. The molecule has 1 aliphatic heterocycles. The Balaban J connectivity index is 2.15. The number of rotatable bonds is 8. The summed E-state index contributed by atoms with van der Waals surface area (Å²) in [6, 6.07) is 0. The standard InChI is InChI=1S/C15H32N2O/c1-5-16(4)10-8-15-13-17(11-12-18-15)9-6-7-14(2)3/h14-15H,5-13H2,1-4H3/t15-/m0/s1. The number of ether oxygens (including phenoxy) is 1. The number of hydrogen-bond acceptors (Lipinski definition) is 3. The summed E-state index contributed by atoms with van der Waals surface area (Å²) in [7, 11) is 2.18. The highest BCUT2D eigenvalue weighted by atomic mass is 16.5. The van der Waals surface area contributed by atoms with Gasteiger partial charge in [0, 0.05) is 19.6 Å². The van der Waals surface area contributed by atoms with E-state index in [0.717, 1.165) is 38.7 Å². The first-order chi connectivity index (χ1) is 8.61. The van der Waals surface area contributed by atoms with Crippen LogP contribution in [0.3, 0.4) is 0 Å². The van der Waals surface area contributed by atoms with Crippen LogP contribution in [0.5, 0.6) is 0 Å². The topological polar surface area (TPSA) is 15.7 Å². The Morgan fingerprint density at radius 3 is 2.83 bits per heavy atom. The van der Waals surface area contributed by atoms with E-state index in [1.807, 2.05) is 0 Å². The molecule has 0 unspecified atom stereocenters. The fourth-order valence-electron chi connectivity index (χ4n) is 2.40. The van der Waals surface area contributed by atoms with Crippen LogP contribution >= 0.6 is 0 Å². The number of nitrogens with zero attached hydrogens (tertiary/aromatic N) is 2. The molecule has 0 aromatic rings. The third kappa shape index (κ3) is 6.72. The summed E-state index contributed by atoms with van der Waals surface area (Å²) in [5, 5.41) is 0. The molecule has 1 rings (SSSR count). The Kier molecular flexibility index (Phi) is 7.87. The molecule has 0 aromatic heterocycles. The van der Waals surface area contributed by atoms with Gasteiger partial charge in [0.1, 0.15) is 0 Å². The second kappa shape index (κ2) is 8.89. The maximum Gasteiger partial charge on any atom is 0.0714 e. The molecule has 108 valence electrons. The van der Waals surface area contributed by atoms with Crippen molar-refractivity contribution in [1.29, 1.82) is 0 Å². The summed E-state index contributed by atoms with van der Waals surface area (Å²) in [5.41, 5.74) is 0. The fraction of sp³-hybridized carbons (Fsp3) is 1.00. The van der Waals surface area contributed by atoms with Gasteiger partial charge in [-0.2, -0.15) is 0 Å². The molecule has 0 saturated carbocycles. The smallest absolute Gasteiger partial charge is 0.0714 e. The first-order valence-corrected chi connectivity index (χ1v) is 7.64. The Morgan fingerprint density at radius 2 is 2.17 bits per heavy atom. The van der Waals surface area contributed by atoms with Crippen molar-refractivity contribution in [2.45, 2.75) is 46.1 Å². The molecule has 1 aliphatic rings. The van der Waals surface area contributed by atoms with E-state index in [2.05, 4.69) is 37.6 Å². The zero-order valence-corrected chi connectivity index (χ0v) is 12.8. The van der Waals surface area contributed by atoms with Crippen LogP contribution in [0.25, 0.3) is 0 Å². The van der Waals surface area contributed by atoms with Crippen molar-refractivity contribution in [2.75, 3.05) is 46.4 Å². The predicted octanol–water partition coefficient (Wildman–Crippen LogP) is 2.47. The van der Waals surface area contributed by atoms with Crippen LogP contribution in [0.1, 0.15) is 40.0 Å². The minimum Gasteiger partial charge on any atom is -0.376 e. The molecule has 0 amide bonds.